The van der Waals surface area contributed by atoms with Gasteiger partial charge < -0.3 is 13.9 Å². The zero-order chi connectivity index (χ0) is 13.4. The highest BCUT2D eigenvalue weighted by Gasteiger charge is 2.22. The van der Waals surface area contributed by atoms with Crippen molar-refractivity contribution in [2.24, 2.45) is 0 Å². The van der Waals surface area contributed by atoms with Crippen LogP contribution in [0.5, 0.6) is 0 Å². The fraction of sp³-hybridized carbons (Fsp3) is 0.417. The van der Waals surface area contributed by atoms with Crippen LogP contribution < -0.4 is 0 Å². The monoisotopic (exact) mass is 280 g/mol. The lowest BCUT2D eigenvalue weighted by atomic mass is 10.3. The highest BCUT2D eigenvalue weighted by molar-refractivity contribution is 6.32. The van der Waals surface area contributed by atoms with Gasteiger partial charge >= 0.3 is 0 Å². The van der Waals surface area contributed by atoms with E-state index in [1.165, 1.54) is 6.26 Å². The number of aryl methyl sites for hydroxylation is 1. The molecule has 3 rings (SSSR count). The topological polar surface area (TPSA) is 64.2 Å². The van der Waals surface area contributed by atoms with Crippen LogP contribution in [0.1, 0.15) is 28.4 Å². The van der Waals surface area contributed by atoms with Gasteiger partial charge in [0.2, 0.25) is 5.22 Å². The van der Waals surface area contributed by atoms with Gasteiger partial charge in [0.25, 0.3) is 5.91 Å². The maximum absolute atomic E-state index is 12.2. The fourth-order valence-electron chi connectivity index (χ4n) is 2.26. The van der Waals surface area contributed by atoms with Crippen molar-refractivity contribution in [2.45, 2.75) is 25.9 Å². The lowest BCUT2D eigenvalue weighted by Crippen LogP contribution is -2.27. The van der Waals surface area contributed by atoms with Crippen LogP contribution in [0.15, 0.2) is 16.7 Å². The van der Waals surface area contributed by atoms with E-state index in [0.29, 0.717) is 12.1 Å². The van der Waals surface area contributed by atoms with Crippen LogP contribution in [0, 0.1) is 0 Å². The SMILES string of the molecule is CN(Cc1nnc2n1CCC2)C(=O)c1ccoc1Cl. The summed E-state index contributed by atoms with van der Waals surface area (Å²) in [6, 6.07) is 1.56. The Bertz CT molecular complexity index is 619. The van der Waals surface area contributed by atoms with E-state index in [-0.39, 0.29) is 11.1 Å². The van der Waals surface area contributed by atoms with Crippen molar-refractivity contribution >= 4 is 17.5 Å². The molecule has 0 aromatic carbocycles. The molecule has 0 radical (unpaired) electrons. The van der Waals surface area contributed by atoms with E-state index >= 15 is 0 Å². The molecule has 19 heavy (non-hydrogen) atoms. The average molecular weight is 281 g/mol. The molecule has 0 unspecified atom stereocenters. The minimum absolute atomic E-state index is 0.114. The van der Waals surface area contributed by atoms with Crippen molar-refractivity contribution in [3.8, 4) is 0 Å². The molecule has 0 N–H and O–H groups in total. The number of hydrogen-bond acceptors (Lipinski definition) is 4. The molecule has 2 aromatic heterocycles. The molecular formula is C12H13ClN4O2. The predicted molar refractivity (Wildman–Crippen MR) is 67.9 cm³/mol. The largest absolute Gasteiger partial charge is 0.452 e. The van der Waals surface area contributed by atoms with Crippen molar-refractivity contribution in [1.29, 1.82) is 0 Å². The van der Waals surface area contributed by atoms with E-state index in [9.17, 15) is 4.79 Å². The first kappa shape index (κ1) is 12.2. The predicted octanol–water partition coefficient (Wildman–Crippen LogP) is 1.74. The molecule has 1 aliphatic rings. The van der Waals surface area contributed by atoms with E-state index in [0.717, 1.165) is 31.0 Å². The van der Waals surface area contributed by atoms with Crippen LogP contribution in [0.3, 0.4) is 0 Å². The molecule has 0 spiro atoms. The molecule has 7 heteroatoms. The second kappa shape index (κ2) is 4.70. The van der Waals surface area contributed by atoms with Gasteiger partial charge in [0.05, 0.1) is 18.4 Å². The molecule has 1 aliphatic heterocycles. The summed E-state index contributed by atoms with van der Waals surface area (Å²) in [6.07, 6.45) is 3.44. The summed E-state index contributed by atoms with van der Waals surface area (Å²) in [6.45, 7) is 1.33. The lowest BCUT2D eigenvalue weighted by molar-refractivity contribution is 0.0779. The zero-order valence-corrected chi connectivity index (χ0v) is 11.2. The van der Waals surface area contributed by atoms with E-state index < -0.39 is 0 Å². The summed E-state index contributed by atoms with van der Waals surface area (Å²) < 4.78 is 7.00. The van der Waals surface area contributed by atoms with Crippen molar-refractivity contribution in [3.05, 3.63) is 34.8 Å². The molecule has 1 amide bonds. The molecule has 6 nitrogen and oxygen atoms in total. The van der Waals surface area contributed by atoms with Gasteiger partial charge in [-0.25, -0.2) is 0 Å². The number of halogens is 1. The lowest BCUT2D eigenvalue weighted by Gasteiger charge is -2.16. The third kappa shape index (κ3) is 2.12. The van der Waals surface area contributed by atoms with Gasteiger partial charge in [0, 0.05) is 20.0 Å². The first-order valence-electron chi connectivity index (χ1n) is 6.06. The van der Waals surface area contributed by atoms with Crippen LogP contribution in [-0.2, 0) is 19.5 Å². The molecule has 3 heterocycles. The summed E-state index contributed by atoms with van der Waals surface area (Å²) in [5.74, 6) is 1.62. The number of nitrogens with zero attached hydrogens (tertiary/aromatic N) is 4. The van der Waals surface area contributed by atoms with Crippen LogP contribution >= 0.6 is 11.6 Å². The average Bonchev–Trinajstić information content (AvgIpc) is 3.06. The van der Waals surface area contributed by atoms with Crippen LogP contribution in [0.2, 0.25) is 5.22 Å². The maximum atomic E-state index is 12.2. The quantitative estimate of drug-likeness (QED) is 0.859. The number of fused-ring (bicyclic) bond motifs is 1. The van der Waals surface area contributed by atoms with Gasteiger partial charge in [-0.2, -0.15) is 0 Å². The molecule has 100 valence electrons. The number of hydrogen-bond donors (Lipinski definition) is 0. The maximum Gasteiger partial charge on any atom is 0.258 e. The number of rotatable bonds is 3. The van der Waals surface area contributed by atoms with Crippen molar-refractivity contribution in [3.63, 3.8) is 0 Å². The first-order valence-corrected chi connectivity index (χ1v) is 6.44. The Hall–Kier alpha value is -1.82. The zero-order valence-electron chi connectivity index (χ0n) is 10.5. The Morgan fingerprint density at radius 1 is 1.58 bits per heavy atom. The third-order valence-corrected chi connectivity index (χ3v) is 3.55. The van der Waals surface area contributed by atoms with E-state index in [1.807, 2.05) is 0 Å². The van der Waals surface area contributed by atoms with Crippen molar-refractivity contribution < 1.29 is 9.21 Å². The molecule has 2 aromatic rings. The molecule has 0 saturated carbocycles. The number of carbonyl (C=O) groups is 1. The molecule has 0 fully saturated rings. The van der Waals surface area contributed by atoms with Crippen molar-refractivity contribution in [1.82, 2.24) is 19.7 Å². The molecule has 0 saturated heterocycles. The Balaban J connectivity index is 1.76. The highest BCUT2D eigenvalue weighted by Crippen LogP contribution is 2.20. The van der Waals surface area contributed by atoms with E-state index in [2.05, 4.69) is 14.8 Å². The second-order valence-electron chi connectivity index (χ2n) is 4.56. The fourth-order valence-corrected chi connectivity index (χ4v) is 2.46. The highest BCUT2D eigenvalue weighted by atomic mass is 35.5. The summed E-state index contributed by atoms with van der Waals surface area (Å²) in [5, 5.41) is 8.36. The van der Waals surface area contributed by atoms with Gasteiger partial charge in [-0.05, 0) is 24.1 Å². The summed E-state index contributed by atoms with van der Waals surface area (Å²) in [7, 11) is 1.71. The van der Waals surface area contributed by atoms with Crippen LogP contribution in [0.25, 0.3) is 0 Å². The normalized spacial score (nSPS) is 13.6. The Labute approximate surface area is 115 Å². The van der Waals surface area contributed by atoms with Gasteiger partial charge in [0.1, 0.15) is 5.82 Å². The summed E-state index contributed by atoms with van der Waals surface area (Å²) in [5.41, 5.74) is 0.366. The minimum Gasteiger partial charge on any atom is -0.452 e. The Morgan fingerprint density at radius 2 is 2.42 bits per heavy atom. The van der Waals surface area contributed by atoms with Crippen LogP contribution in [0.4, 0.5) is 0 Å². The smallest absolute Gasteiger partial charge is 0.258 e. The van der Waals surface area contributed by atoms with Crippen molar-refractivity contribution in [2.75, 3.05) is 7.05 Å². The standard InChI is InChI=1S/C12H13ClN4O2/c1-16(12(18)8-4-6-19-11(8)13)7-10-15-14-9-3-2-5-17(9)10/h4,6H,2-3,5,7H2,1H3. The molecule has 0 aliphatic carbocycles. The molecule has 0 atom stereocenters. The Morgan fingerprint density at radius 3 is 3.16 bits per heavy atom. The third-order valence-electron chi connectivity index (χ3n) is 3.26. The van der Waals surface area contributed by atoms with Gasteiger partial charge in [-0.15, -0.1) is 10.2 Å². The van der Waals surface area contributed by atoms with Gasteiger partial charge in [0.15, 0.2) is 5.82 Å². The van der Waals surface area contributed by atoms with Crippen LogP contribution in [-0.4, -0.2) is 32.6 Å². The number of aromatic nitrogens is 3. The summed E-state index contributed by atoms with van der Waals surface area (Å²) in [4.78, 5) is 13.7. The van der Waals surface area contributed by atoms with E-state index in [4.69, 9.17) is 16.0 Å². The molecular weight excluding hydrogens is 268 g/mol. The number of carbonyl (C=O) groups excluding carboxylic acids is 1. The first-order chi connectivity index (χ1) is 9.16. The molecule has 0 bridgehead atoms. The number of amides is 1. The van der Waals surface area contributed by atoms with Gasteiger partial charge in [-0.3, -0.25) is 4.79 Å². The van der Waals surface area contributed by atoms with E-state index in [1.54, 1.807) is 18.0 Å². The minimum atomic E-state index is -0.186. The second-order valence-corrected chi connectivity index (χ2v) is 4.90. The Kier molecular flexibility index (Phi) is 3.02. The summed E-state index contributed by atoms with van der Waals surface area (Å²) >= 11 is 5.81. The number of furan rings is 1. The van der Waals surface area contributed by atoms with Gasteiger partial charge in [-0.1, -0.05) is 0 Å².